The van der Waals surface area contributed by atoms with Crippen molar-refractivity contribution in [3.63, 3.8) is 0 Å². The van der Waals surface area contributed by atoms with E-state index in [1.165, 1.54) is 13.8 Å². The Bertz CT molecular complexity index is 757. The fourth-order valence-electron chi connectivity index (χ4n) is 3.09. The van der Waals surface area contributed by atoms with E-state index >= 15 is 0 Å². The molecule has 1 aromatic rings. The maximum Gasteiger partial charge on any atom is 0.303 e. The number of halogens is 1. The number of carbonyl (C=O) groups excluding carboxylic acids is 2. The van der Waals surface area contributed by atoms with Gasteiger partial charge >= 0.3 is 11.9 Å². The van der Waals surface area contributed by atoms with Crippen LogP contribution < -0.4 is 0 Å². The summed E-state index contributed by atoms with van der Waals surface area (Å²) < 4.78 is 16.5. The number of thioether (sulfide) groups is 1. The van der Waals surface area contributed by atoms with Gasteiger partial charge in [-0.1, -0.05) is 35.8 Å². The van der Waals surface area contributed by atoms with Crippen LogP contribution in [-0.2, 0) is 30.2 Å². The van der Waals surface area contributed by atoms with E-state index < -0.39 is 30.2 Å². The Hall–Kier alpha value is -1.93. The molecule has 0 amide bonds. The summed E-state index contributed by atoms with van der Waals surface area (Å²) in [5.74, 6) is -0.441. The van der Waals surface area contributed by atoms with E-state index in [1.54, 1.807) is 11.8 Å². The van der Waals surface area contributed by atoms with E-state index in [9.17, 15) is 9.59 Å². The SMILES string of the molecule is CC(=O)OCC1O[C@H](SCCc2ccc(Cl)cc2)C(C)[C@@H](N=[N+]=[N-])[C@H]1OC(C)=O. The molecule has 0 bridgehead atoms. The van der Waals surface area contributed by atoms with Crippen LogP contribution in [0.3, 0.4) is 0 Å². The molecule has 0 spiro atoms. The second kappa shape index (κ2) is 11.3. The summed E-state index contributed by atoms with van der Waals surface area (Å²) in [6.45, 7) is 4.35. The molecule has 0 N–H and O–H groups in total. The summed E-state index contributed by atoms with van der Waals surface area (Å²) >= 11 is 7.49. The predicted octanol–water partition coefficient (Wildman–Crippen LogP) is 4.15. The van der Waals surface area contributed by atoms with Gasteiger partial charge in [-0.05, 0) is 35.4 Å². The zero-order chi connectivity index (χ0) is 21.4. The van der Waals surface area contributed by atoms with E-state index in [-0.39, 0.29) is 18.0 Å². The van der Waals surface area contributed by atoms with Gasteiger partial charge in [0.25, 0.3) is 0 Å². The number of ether oxygens (including phenoxy) is 3. The summed E-state index contributed by atoms with van der Waals surface area (Å²) in [6, 6.07) is 7.00. The monoisotopic (exact) mass is 441 g/mol. The molecule has 1 fully saturated rings. The van der Waals surface area contributed by atoms with Gasteiger partial charge in [0.2, 0.25) is 0 Å². The summed E-state index contributed by atoms with van der Waals surface area (Å²) in [7, 11) is 0. The average Bonchev–Trinajstić information content (AvgIpc) is 2.66. The van der Waals surface area contributed by atoms with Crippen LogP contribution in [0, 0.1) is 5.92 Å². The molecule has 1 aliphatic heterocycles. The van der Waals surface area contributed by atoms with Crippen molar-refractivity contribution in [3.8, 4) is 0 Å². The number of hydrogen-bond donors (Lipinski definition) is 0. The molecule has 1 aliphatic rings. The van der Waals surface area contributed by atoms with Gasteiger partial charge in [0, 0.05) is 29.7 Å². The van der Waals surface area contributed by atoms with E-state index in [4.69, 9.17) is 31.3 Å². The van der Waals surface area contributed by atoms with E-state index in [1.807, 2.05) is 31.2 Å². The molecule has 10 heteroatoms. The first-order valence-electron chi connectivity index (χ1n) is 9.18. The molecule has 2 unspecified atom stereocenters. The summed E-state index contributed by atoms with van der Waals surface area (Å²) in [5.41, 5.74) is 9.83. The lowest BCUT2D eigenvalue weighted by Crippen LogP contribution is -2.55. The third kappa shape index (κ3) is 7.12. The zero-order valence-corrected chi connectivity index (χ0v) is 18.1. The lowest BCUT2D eigenvalue weighted by Gasteiger charge is -2.43. The second-order valence-electron chi connectivity index (χ2n) is 6.72. The summed E-state index contributed by atoms with van der Waals surface area (Å²) in [4.78, 5) is 25.7. The minimum atomic E-state index is -0.828. The van der Waals surface area contributed by atoms with Gasteiger partial charge in [0.15, 0.2) is 0 Å². The molecule has 0 saturated carbocycles. The molecule has 29 heavy (non-hydrogen) atoms. The van der Waals surface area contributed by atoms with Crippen LogP contribution in [0.4, 0.5) is 0 Å². The number of aryl methyl sites for hydroxylation is 1. The predicted molar refractivity (Wildman–Crippen MR) is 111 cm³/mol. The van der Waals surface area contributed by atoms with Crippen molar-refractivity contribution in [2.45, 2.75) is 50.9 Å². The largest absolute Gasteiger partial charge is 0.463 e. The number of carbonyl (C=O) groups is 2. The number of hydrogen-bond acceptors (Lipinski definition) is 7. The van der Waals surface area contributed by atoms with Gasteiger partial charge in [0.05, 0.1) is 6.04 Å². The minimum Gasteiger partial charge on any atom is -0.463 e. The van der Waals surface area contributed by atoms with Crippen molar-refractivity contribution in [2.24, 2.45) is 11.0 Å². The first-order chi connectivity index (χ1) is 13.8. The van der Waals surface area contributed by atoms with E-state index in [2.05, 4.69) is 10.0 Å². The summed E-state index contributed by atoms with van der Waals surface area (Å²) in [6.07, 6.45) is -0.740. The smallest absolute Gasteiger partial charge is 0.303 e. The third-order valence-corrected chi connectivity index (χ3v) is 6.06. The first-order valence-corrected chi connectivity index (χ1v) is 10.6. The molecular weight excluding hydrogens is 418 g/mol. The number of azide groups is 1. The number of rotatable bonds is 8. The molecule has 8 nitrogen and oxygen atoms in total. The van der Waals surface area contributed by atoms with Crippen LogP contribution in [0.2, 0.25) is 5.02 Å². The maximum absolute atomic E-state index is 11.6. The van der Waals surface area contributed by atoms with Gasteiger partial charge in [-0.3, -0.25) is 9.59 Å². The molecule has 0 radical (unpaired) electrons. The lowest BCUT2D eigenvalue weighted by molar-refractivity contribution is -0.182. The van der Waals surface area contributed by atoms with Crippen LogP contribution in [0.1, 0.15) is 26.3 Å². The molecule has 0 aliphatic carbocycles. The van der Waals surface area contributed by atoms with Crippen molar-refractivity contribution in [1.29, 1.82) is 0 Å². The van der Waals surface area contributed by atoms with Crippen LogP contribution >= 0.6 is 23.4 Å². The molecule has 1 aromatic carbocycles. The molecule has 158 valence electrons. The Kier molecular flexibility index (Phi) is 9.10. The van der Waals surface area contributed by atoms with E-state index in [0.717, 1.165) is 17.7 Å². The van der Waals surface area contributed by atoms with Crippen LogP contribution in [0.5, 0.6) is 0 Å². The topological polar surface area (TPSA) is 111 Å². The Labute approximate surface area is 178 Å². The minimum absolute atomic E-state index is 0.0916. The van der Waals surface area contributed by atoms with Gasteiger partial charge in [-0.25, -0.2) is 0 Å². The average molecular weight is 442 g/mol. The highest BCUT2D eigenvalue weighted by atomic mass is 35.5. The number of nitrogens with zero attached hydrogens (tertiary/aromatic N) is 3. The van der Waals surface area contributed by atoms with Crippen molar-refractivity contribution in [2.75, 3.05) is 12.4 Å². The summed E-state index contributed by atoms with van der Waals surface area (Å²) in [5, 5.41) is 4.55. The van der Waals surface area contributed by atoms with Gasteiger partial charge in [0.1, 0.15) is 24.3 Å². The van der Waals surface area contributed by atoms with Crippen molar-refractivity contribution >= 4 is 35.3 Å². The Balaban J connectivity index is 2.10. The van der Waals surface area contributed by atoms with Gasteiger partial charge < -0.3 is 14.2 Å². The molecule has 1 heterocycles. The van der Waals surface area contributed by atoms with Crippen LogP contribution in [-0.4, -0.2) is 48.0 Å². The number of esters is 2. The van der Waals surface area contributed by atoms with Crippen molar-refractivity contribution < 1.29 is 23.8 Å². The van der Waals surface area contributed by atoms with E-state index in [0.29, 0.717) is 5.02 Å². The number of benzene rings is 1. The highest BCUT2D eigenvalue weighted by Crippen LogP contribution is 2.36. The molecule has 0 aromatic heterocycles. The highest BCUT2D eigenvalue weighted by Gasteiger charge is 2.46. The van der Waals surface area contributed by atoms with Crippen LogP contribution in [0.15, 0.2) is 29.4 Å². The molecular formula is C19H24ClN3O5S. The van der Waals surface area contributed by atoms with Gasteiger partial charge in [-0.2, -0.15) is 0 Å². The van der Waals surface area contributed by atoms with Gasteiger partial charge in [-0.15, -0.1) is 11.8 Å². The van der Waals surface area contributed by atoms with Crippen molar-refractivity contribution in [3.05, 3.63) is 45.3 Å². The third-order valence-electron chi connectivity index (χ3n) is 4.50. The molecule has 5 atom stereocenters. The van der Waals surface area contributed by atoms with Crippen molar-refractivity contribution in [1.82, 2.24) is 0 Å². The second-order valence-corrected chi connectivity index (χ2v) is 8.36. The van der Waals surface area contributed by atoms with Crippen LogP contribution in [0.25, 0.3) is 10.4 Å². The Morgan fingerprint density at radius 3 is 2.55 bits per heavy atom. The molecule has 2 rings (SSSR count). The zero-order valence-electron chi connectivity index (χ0n) is 16.5. The fraction of sp³-hybridized carbons (Fsp3) is 0.579. The normalized spacial score (nSPS) is 26.3. The Morgan fingerprint density at radius 2 is 1.97 bits per heavy atom. The highest BCUT2D eigenvalue weighted by molar-refractivity contribution is 7.99. The Morgan fingerprint density at radius 1 is 1.28 bits per heavy atom. The standard InChI is InChI=1S/C19H24ClN3O5S/c1-11-17(22-23-21)18(27-13(3)25)16(10-26-12(2)24)28-19(11)29-9-8-14-4-6-15(20)7-5-14/h4-7,11,16-19H,8-10H2,1-3H3/t11?,16?,17-,18+,19-/m1/s1. The maximum atomic E-state index is 11.6. The fourth-order valence-corrected chi connectivity index (χ4v) is 4.49. The quantitative estimate of drug-likeness (QED) is 0.259. The molecule has 1 saturated heterocycles. The first kappa shape index (κ1) is 23.3. The lowest BCUT2D eigenvalue weighted by atomic mass is 9.91.